The molecule has 1 heteroatoms. The molecular formula is C13H23N. The molecule has 1 unspecified atom stereocenters. The Labute approximate surface area is 88.2 Å². The summed E-state index contributed by atoms with van der Waals surface area (Å²) in [5, 5.41) is 0. The molecule has 0 amide bonds. The van der Waals surface area contributed by atoms with Gasteiger partial charge in [0, 0.05) is 12.6 Å². The van der Waals surface area contributed by atoms with Crippen LogP contribution in [0.25, 0.3) is 0 Å². The topological polar surface area (TPSA) is 3.24 Å². The maximum absolute atomic E-state index is 2.59. The van der Waals surface area contributed by atoms with E-state index in [-0.39, 0.29) is 0 Å². The summed E-state index contributed by atoms with van der Waals surface area (Å²) in [6, 6.07) is 0.889. The third-order valence-corrected chi connectivity index (χ3v) is 3.94. The molecule has 1 nitrogen and oxygen atoms in total. The van der Waals surface area contributed by atoms with E-state index in [1.165, 1.54) is 51.5 Å². The number of hydrogen-bond acceptors (Lipinski definition) is 1. The number of nitrogens with zero attached hydrogens (tertiary/aromatic N) is 1. The van der Waals surface area contributed by atoms with Gasteiger partial charge in [0.15, 0.2) is 0 Å². The molecule has 0 aromatic carbocycles. The summed E-state index contributed by atoms with van der Waals surface area (Å²) < 4.78 is 0. The van der Waals surface area contributed by atoms with E-state index in [1.807, 2.05) is 0 Å². The summed E-state index contributed by atoms with van der Waals surface area (Å²) in [5.74, 6) is 1.01. The van der Waals surface area contributed by atoms with Crippen LogP contribution in [0.1, 0.15) is 44.9 Å². The van der Waals surface area contributed by atoms with E-state index >= 15 is 0 Å². The summed E-state index contributed by atoms with van der Waals surface area (Å²) >= 11 is 0. The van der Waals surface area contributed by atoms with Crippen molar-refractivity contribution in [1.29, 1.82) is 0 Å². The fraction of sp³-hybridized carbons (Fsp3) is 0.846. The first kappa shape index (κ1) is 10.2. The van der Waals surface area contributed by atoms with Gasteiger partial charge in [0.2, 0.25) is 0 Å². The lowest BCUT2D eigenvalue weighted by molar-refractivity contribution is 0.155. The summed E-state index contributed by atoms with van der Waals surface area (Å²) in [6.45, 7) is 1.26. The van der Waals surface area contributed by atoms with E-state index in [0.717, 1.165) is 12.0 Å². The van der Waals surface area contributed by atoms with Gasteiger partial charge in [0.25, 0.3) is 0 Å². The molecule has 2 bridgehead atoms. The van der Waals surface area contributed by atoms with Gasteiger partial charge >= 0.3 is 0 Å². The number of rotatable bonds is 0. The van der Waals surface area contributed by atoms with Gasteiger partial charge < -0.3 is 4.90 Å². The largest absolute Gasteiger partial charge is 0.303 e. The Kier molecular flexibility index (Phi) is 3.63. The van der Waals surface area contributed by atoms with Crippen molar-refractivity contribution >= 4 is 0 Å². The van der Waals surface area contributed by atoms with Crippen LogP contribution in [0.5, 0.6) is 0 Å². The molecule has 1 saturated carbocycles. The molecule has 0 N–H and O–H groups in total. The van der Waals surface area contributed by atoms with E-state index in [2.05, 4.69) is 24.1 Å². The minimum absolute atomic E-state index is 0.889. The lowest BCUT2D eigenvalue weighted by Crippen LogP contribution is -2.36. The highest BCUT2D eigenvalue weighted by Crippen LogP contribution is 2.30. The Morgan fingerprint density at radius 1 is 1.07 bits per heavy atom. The van der Waals surface area contributed by atoms with Gasteiger partial charge in [-0.1, -0.05) is 25.0 Å². The molecule has 14 heavy (non-hydrogen) atoms. The Morgan fingerprint density at radius 3 is 2.86 bits per heavy atom. The van der Waals surface area contributed by atoms with Crippen LogP contribution in [-0.2, 0) is 0 Å². The van der Waals surface area contributed by atoms with Crippen molar-refractivity contribution in [2.75, 3.05) is 13.6 Å². The van der Waals surface area contributed by atoms with Gasteiger partial charge in [-0.15, -0.1) is 0 Å². The van der Waals surface area contributed by atoms with Crippen LogP contribution in [-0.4, -0.2) is 24.5 Å². The number of fused-ring (bicyclic) bond motifs is 2. The fourth-order valence-corrected chi connectivity index (χ4v) is 2.95. The highest BCUT2D eigenvalue weighted by Gasteiger charge is 2.24. The Balaban J connectivity index is 1.98. The number of hydrogen-bond donors (Lipinski definition) is 0. The lowest BCUT2D eigenvalue weighted by Gasteiger charge is -2.35. The summed E-state index contributed by atoms with van der Waals surface area (Å²) in [4.78, 5) is 2.59. The second-order valence-electron chi connectivity index (χ2n) is 5.00. The van der Waals surface area contributed by atoms with Gasteiger partial charge in [-0.2, -0.15) is 0 Å². The van der Waals surface area contributed by atoms with Crippen LogP contribution in [0, 0.1) is 5.92 Å². The van der Waals surface area contributed by atoms with Crippen LogP contribution in [0.4, 0.5) is 0 Å². The minimum Gasteiger partial charge on any atom is -0.303 e. The zero-order valence-electron chi connectivity index (χ0n) is 9.41. The highest BCUT2D eigenvalue weighted by atomic mass is 15.1. The van der Waals surface area contributed by atoms with E-state index < -0.39 is 0 Å². The van der Waals surface area contributed by atoms with Crippen LogP contribution < -0.4 is 0 Å². The lowest BCUT2D eigenvalue weighted by atomic mass is 9.82. The third-order valence-electron chi connectivity index (χ3n) is 3.94. The van der Waals surface area contributed by atoms with Gasteiger partial charge in [0.1, 0.15) is 0 Å². The molecular weight excluding hydrogens is 170 g/mol. The Bertz CT molecular complexity index is 189. The predicted molar refractivity (Wildman–Crippen MR) is 61.4 cm³/mol. The molecule has 0 aromatic heterocycles. The van der Waals surface area contributed by atoms with E-state index in [0.29, 0.717) is 0 Å². The third kappa shape index (κ3) is 2.60. The first-order chi connectivity index (χ1) is 6.86. The Morgan fingerprint density at radius 2 is 1.93 bits per heavy atom. The first-order valence-corrected chi connectivity index (χ1v) is 6.21. The van der Waals surface area contributed by atoms with Crippen LogP contribution in [0.3, 0.4) is 0 Å². The van der Waals surface area contributed by atoms with Gasteiger partial charge in [-0.05, 0) is 45.1 Å². The highest BCUT2D eigenvalue weighted by molar-refractivity contribution is 4.88. The normalized spacial score (nSPS) is 37.8. The maximum atomic E-state index is 2.59. The van der Waals surface area contributed by atoms with Gasteiger partial charge in [-0.25, -0.2) is 0 Å². The van der Waals surface area contributed by atoms with Crippen LogP contribution in [0.15, 0.2) is 12.2 Å². The van der Waals surface area contributed by atoms with E-state index in [4.69, 9.17) is 0 Å². The molecule has 1 aliphatic heterocycles. The molecule has 2 aliphatic rings. The first-order valence-electron chi connectivity index (χ1n) is 6.21. The zero-order valence-corrected chi connectivity index (χ0v) is 9.41. The molecule has 1 fully saturated rings. The zero-order chi connectivity index (χ0) is 9.80. The molecule has 80 valence electrons. The van der Waals surface area contributed by atoms with Crippen molar-refractivity contribution in [3.8, 4) is 0 Å². The molecule has 0 aromatic rings. The van der Waals surface area contributed by atoms with Crippen molar-refractivity contribution < 1.29 is 0 Å². The van der Waals surface area contributed by atoms with Crippen molar-refractivity contribution in [3.05, 3.63) is 12.2 Å². The minimum atomic E-state index is 0.889. The van der Waals surface area contributed by atoms with Crippen LogP contribution >= 0.6 is 0 Å². The standard InChI is InChI=1S/C13H23N/c1-14-10-5-3-2-4-7-12-8-6-9-13(14)11-12/h2-3,12-13H,4-11H2,1H3/b3-2-/t12-,13?/m0/s1. The van der Waals surface area contributed by atoms with E-state index in [1.54, 1.807) is 0 Å². The van der Waals surface area contributed by atoms with Gasteiger partial charge in [0.05, 0.1) is 0 Å². The Hall–Kier alpha value is -0.300. The molecule has 0 radical (unpaired) electrons. The molecule has 0 saturated heterocycles. The summed E-state index contributed by atoms with van der Waals surface area (Å²) in [5.41, 5.74) is 0. The molecule has 0 spiro atoms. The van der Waals surface area contributed by atoms with Crippen molar-refractivity contribution in [2.24, 2.45) is 5.92 Å². The molecule has 1 heterocycles. The number of allylic oxidation sites excluding steroid dienone is 1. The van der Waals surface area contributed by atoms with Gasteiger partial charge in [-0.3, -0.25) is 0 Å². The smallest absolute Gasteiger partial charge is 0.00949 e. The van der Waals surface area contributed by atoms with Crippen molar-refractivity contribution in [1.82, 2.24) is 4.90 Å². The van der Waals surface area contributed by atoms with E-state index in [9.17, 15) is 0 Å². The second kappa shape index (κ2) is 4.97. The average molecular weight is 193 g/mol. The maximum Gasteiger partial charge on any atom is 0.00949 e. The quantitative estimate of drug-likeness (QED) is 0.534. The molecule has 2 atom stereocenters. The molecule has 1 aliphatic carbocycles. The fourth-order valence-electron chi connectivity index (χ4n) is 2.95. The van der Waals surface area contributed by atoms with Crippen LogP contribution in [0.2, 0.25) is 0 Å². The monoisotopic (exact) mass is 193 g/mol. The van der Waals surface area contributed by atoms with Crippen molar-refractivity contribution in [3.63, 3.8) is 0 Å². The predicted octanol–water partition coefficient (Wildman–Crippen LogP) is 3.22. The molecule has 2 rings (SSSR count). The summed E-state index contributed by atoms with van der Waals surface area (Å²) in [7, 11) is 2.31. The van der Waals surface area contributed by atoms with Crippen molar-refractivity contribution in [2.45, 2.75) is 51.0 Å². The SMILES string of the molecule is CN1CC/C=C\CC[C@H]2CCCC1C2. The second-order valence-corrected chi connectivity index (χ2v) is 5.00. The average Bonchev–Trinajstić information content (AvgIpc) is 2.22. The summed E-state index contributed by atoms with van der Waals surface area (Å²) in [6.07, 6.45) is 14.6.